The molecular formula is C13H12NO3S. The van der Waals surface area contributed by atoms with Gasteiger partial charge in [0.25, 0.3) is 0 Å². The van der Waals surface area contributed by atoms with Gasteiger partial charge >= 0.3 is 0 Å². The first-order chi connectivity index (χ1) is 8.65. The average Bonchev–Trinajstić information content (AvgIpc) is 2.31. The summed E-state index contributed by atoms with van der Waals surface area (Å²) in [5, 5.41) is 1.11. The quantitative estimate of drug-likeness (QED) is 0.837. The summed E-state index contributed by atoms with van der Waals surface area (Å²) in [6.07, 6.45) is 6.16. The number of ether oxygens (including phenoxy) is 1. The Kier molecular flexibility index (Phi) is 3.84. The molecule has 1 aromatic carbocycles. The maximum Gasteiger partial charge on any atom is 0.214 e. The summed E-state index contributed by atoms with van der Waals surface area (Å²) in [6.45, 7) is 0. The lowest BCUT2D eigenvalue weighted by Gasteiger charge is -2.13. The van der Waals surface area contributed by atoms with Gasteiger partial charge in [0.05, 0.1) is 5.37 Å². The third-order valence-corrected chi connectivity index (χ3v) is 2.80. The molecule has 0 saturated carbocycles. The molecule has 0 aliphatic heterocycles. The van der Waals surface area contributed by atoms with Crippen molar-refractivity contribution in [3.63, 3.8) is 0 Å². The molecule has 18 heavy (non-hydrogen) atoms. The number of allylic oxidation sites excluding steroid dienone is 3. The normalized spacial score (nSPS) is 14.4. The van der Waals surface area contributed by atoms with E-state index < -0.39 is 10.3 Å². The Bertz CT molecular complexity index is 634. The van der Waals surface area contributed by atoms with Crippen LogP contribution >= 0.6 is 0 Å². The molecule has 1 aliphatic carbocycles. The predicted octanol–water partition coefficient (Wildman–Crippen LogP) is 1.43. The number of para-hydroxylation sites is 1. The Balaban J connectivity index is 2.30. The van der Waals surface area contributed by atoms with Gasteiger partial charge in [0.2, 0.25) is 10.3 Å². The fraction of sp³-hybridized carbons (Fsp3) is 0.0769. The molecule has 2 rings (SSSR count). The van der Waals surface area contributed by atoms with Crippen LogP contribution in [0.15, 0.2) is 47.9 Å². The topological polar surface area (TPSA) is 69.4 Å². The van der Waals surface area contributed by atoms with Gasteiger partial charge in [-0.1, -0.05) is 18.2 Å². The van der Waals surface area contributed by atoms with Crippen LogP contribution in [0.3, 0.4) is 0 Å². The maximum absolute atomic E-state index is 10.7. The van der Waals surface area contributed by atoms with Gasteiger partial charge in [-0.3, -0.25) is 0 Å². The summed E-state index contributed by atoms with van der Waals surface area (Å²) in [5.41, 5.74) is 6.82. The van der Waals surface area contributed by atoms with Gasteiger partial charge in [0.1, 0.15) is 11.5 Å². The Morgan fingerprint density at radius 1 is 1.28 bits per heavy atom. The van der Waals surface area contributed by atoms with Crippen molar-refractivity contribution in [1.82, 2.24) is 0 Å². The minimum absolute atomic E-state index is 0.485. The predicted molar refractivity (Wildman–Crippen MR) is 70.4 cm³/mol. The molecule has 0 heterocycles. The maximum atomic E-state index is 10.7. The van der Waals surface area contributed by atoms with Crippen molar-refractivity contribution >= 4 is 15.7 Å². The molecule has 0 aromatic heterocycles. The summed E-state index contributed by atoms with van der Waals surface area (Å²) in [4.78, 5) is 0. The number of rotatable bonds is 3. The van der Waals surface area contributed by atoms with E-state index >= 15 is 0 Å². The molecule has 1 radical (unpaired) electrons. The molecule has 1 aromatic rings. The van der Waals surface area contributed by atoms with Crippen molar-refractivity contribution in [3.8, 4) is 5.75 Å². The van der Waals surface area contributed by atoms with E-state index in [1.165, 1.54) is 0 Å². The van der Waals surface area contributed by atoms with Gasteiger partial charge in [-0.05, 0) is 24.6 Å². The zero-order chi connectivity index (χ0) is 13.0. The summed E-state index contributed by atoms with van der Waals surface area (Å²) < 4.78 is 27.0. The fourth-order valence-electron chi connectivity index (χ4n) is 1.57. The van der Waals surface area contributed by atoms with Gasteiger partial charge in [0, 0.05) is 17.7 Å². The number of hydrogen-bond donors (Lipinski definition) is 1. The highest BCUT2D eigenvalue weighted by atomic mass is 32.2. The van der Waals surface area contributed by atoms with E-state index in [-0.39, 0.29) is 0 Å². The Labute approximate surface area is 107 Å². The van der Waals surface area contributed by atoms with Crippen LogP contribution in [0.5, 0.6) is 5.75 Å². The van der Waals surface area contributed by atoms with E-state index in [1.807, 2.05) is 12.5 Å². The SMILES string of the molecule is NC1=CC(Oc2ccccc2C=S(=O)=O)=CC[CH]1. The van der Waals surface area contributed by atoms with E-state index in [2.05, 4.69) is 0 Å². The highest BCUT2D eigenvalue weighted by molar-refractivity contribution is 7.71. The second kappa shape index (κ2) is 5.55. The largest absolute Gasteiger partial charge is 0.457 e. The van der Waals surface area contributed by atoms with Gasteiger partial charge in [-0.2, -0.15) is 8.42 Å². The molecule has 0 fully saturated rings. The van der Waals surface area contributed by atoms with Crippen molar-refractivity contribution in [2.24, 2.45) is 5.73 Å². The van der Waals surface area contributed by atoms with Crippen LogP contribution in [0.25, 0.3) is 0 Å². The van der Waals surface area contributed by atoms with E-state index in [9.17, 15) is 8.42 Å². The minimum atomic E-state index is -2.26. The highest BCUT2D eigenvalue weighted by Gasteiger charge is 2.07. The van der Waals surface area contributed by atoms with Crippen molar-refractivity contribution < 1.29 is 13.2 Å². The molecule has 0 amide bonds. The lowest BCUT2D eigenvalue weighted by Crippen LogP contribution is -2.06. The van der Waals surface area contributed by atoms with Crippen LogP contribution in [0.2, 0.25) is 0 Å². The Morgan fingerprint density at radius 2 is 2.06 bits per heavy atom. The van der Waals surface area contributed by atoms with Gasteiger partial charge < -0.3 is 10.5 Å². The number of nitrogens with two attached hydrogens (primary N) is 1. The summed E-state index contributed by atoms with van der Waals surface area (Å²) in [7, 11) is -2.26. The zero-order valence-electron chi connectivity index (χ0n) is 9.54. The standard InChI is InChI=1S/C13H12NO3S/c14-11-5-3-6-12(8-11)17-13-7-2-1-4-10(13)9-18(15)16/h1-2,4-9H,3,14H2. The highest BCUT2D eigenvalue weighted by Crippen LogP contribution is 2.21. The first-order valence-electron chi connectivity index (χ1n) is 5.35. The monoisotopic (exact) mass is 262 g/mol. The second-order valence-electron chi connectivity index (χ2n) is 3.71. The zero-order valence-corrected chi connectivity index (χ0v) is 10.4. The smallest absolute Gasteiger partial charge is 0.214 e. The summed E-state index contributed by atoms with van der Waals surface area (Å²) >= 11 is 0. The molecule has 93 valence electrons. The second-order valence-corrected chi connectivity index (χ2v) is 4.47. The van der Waals surface area contributed by atoms with Crippen molar-refractivity contribution in [2.75, 3.05) is 0 Å². The first-order valence-corrected chi connectivity index (χ1v) is 6.49. The average molecular weight is 262 g/mol. The van der Waals surface area contributed by atoms with Crippen LogP contribution in [0.4, 0.5) is 0 Å². The summed E-state index contributed by atoms with van der Waals surface area (Å²) in [6, 6.07) is 6.91. The molecule has 0 bridgehead atoms. The Hall–Kier alpha value is -2.01. The van der Waals surface area contributed by atoms with Crippen molar-refractivity contribution in [2.45, 2.75) is 6.42 Å². The third-order valence-electron chi connectivity index (χ3n) is 2.35. The molecule has 4 nitrogen and oxygen atoms in total. The van der Waals surface area contributed by atoms with Crippen LogP contribution in [-0.4, -0.2) is 13.8 Å². The van der Waals surface area contributed by atoms with E-state index in [4.69, 9.17) is 10.5 Å². The van der Waals surface area contributed by atoms with E-state index in [0.717, 1.165) is 5.37 Å². The molecule has 0 spiro atoms. The molecular weight excluding hydrogens is 250 g/mol. The fourth-order valence-corrected chi connectivity index (χ4v) is 1.97. The van der Waals surface area contributed by atoms with Crippen molar-refractivity contribution in [3.05, 3.63) is 59.9 Å². The Morgan fingerprint density at radius 3 is 2.78 bits per heavy atom. The lowest BCUT2D eigenvalue weighted by atomic mass is 10.1. The molecule has 0 atom stereocenters. The molecule has 0 saturated heterocycles. The van der Waals surface area contributed by atoms with Crippen LogP contribution in [0, 0.1) is 6.42 Å². The van der Waals surface area contributed by atoms with Crippen LogP contribution in [0.1, 0.15) is 12.0 Å². The van der Waals surface area contributed by atoms with Crippen LogP contribution in [-0.2, 0) is 10.3 Å². The number of hydrogen-bond acceptors (Lipinski definition) is 4. The molecule has 2 N–H and O–H groups in total. The first kappa shape index (κ1) is 12.4. The van der Waals surface area contributed by atoms with Gasteiger partial charge in [0.15, 0.2) is 0 Å². The third kappa shape index (κ3) is 3.24. The van der Waals surface area contributed by atoms with Gasteiger partial charge in [-0.25, -0.2) is 0 Å². The van der Waals surface area contributed by atoms with E-state index in [0.29, 0.717) is 29.2 Å². The van der Waals surface area contributed by atoms with E-state index in [1.54, 1.807) is 30.3 Å². The molecule has 1 aliphatic rings. The molecule has 5 heteroatoms. The van der Waals surface area contributed by atoms with Crippen molar-refractivity contribution in [1.29, 1.82) is 0 Å². The van der Waals surface area contributed by atoms with Crippen LogP contribution < -0.4 is 10.5 Å². The molecule has 0 unspecified atom stereocenters. The lowest BCUT2D eigenvalue weighted by molar-refractivity contribution is 0.439. The minimum Gasteiger partial charge on any atom is -0.457 e. The number of benzene rings is 1. The summed E-state index contributed by atoms with van der Waals surface area (Å²) in [5.74, 6) is 1.10. The van der Waals surface area contributed by atoms with Gasteiger partial charge in [-0.15, -0.1) is 0 Å².